The number of anilines is 1. The molecule has 5 nitrogen and oxygen atoms in total. The highest BCUT2D eigenvalue weighted by molar-refractivity contribution is 6.05. The van der Waals surface area contributed by atoms with Crippen LogP contribution in [-0.4, -0.2) is 49.1 Å². The van der Waals surface area contributed by atoms with E-state index in [1.54, 1.807) is 7.11 Å². The van der Waals surface area contributed by atoms with Crippen LogP contribution in [0.4, 0.5) is 5.69 Å². The smallest absolute Gasteiger partial charge is 0.256 e. The molecule has 0 atom stereocenters. The quantitative estimate of drug-likeness (QED) is 0.800. The summed E-state index contributed by atoms with van der Waals surface area (Å²) in [6, 6.07) is 15.9. The Labute approximate surface area is 146 Å². The minimum atomic E-state index is 0.0995. The van der Waals surface area contributed by atoms with Crippen molar-refractivity contribution < 1.29 is 9.53 Å². The lowest BCUT2D eigenvalue weighted by molar-refractivity contribution is 0.0748. The van der Waals surface area contributed by atoms with Crippen molar-refractivity contribution in [1.29, 1.82) is 0 Å². The van der Waals surface area contributed by atoms with Crippen LogP contribution in [0.3, 0.4) is 0 Å². The van der Waals surface area contributed by atoms with Crippen molar-refractivity contribution in [2.24, 2.45) is 0 Å². The number of benzene rings is 2. The Morgan fingerprint density at radius 1 is 1.00 bits per heavy atom. The Balaban J connectivity index is 1.46. The zero-order valence-electron chi connectivity index (χ0n) is 14.2. The Kier molecular flexibility index (Phi) is 4.06. The minimum absolute atomic E-state index is 0.0995. The van der Waals surface area contributed by atoms with E-state index >= 15 is 0 Å². The number of ether oxygens (including phenoxy) is 1. The second-order valence-corrected chi connectivity index (χ2v) is 6.22. The molecule has 0 saturated carbocycles. The molecule has 0 unspecified atom stereocenters. The first kappa shape index (κ1) is 15.6. The van der Waals surface area contributed by atoms with Gasteiger partial charge in [0.25, 0.3) is 5.91 Å². The van der Waals surface area contributed by atoms with Crippen molar-refractivity contribution in [2.75, 3.05) is 38.2 Å². The average Bonchev–Trinajstić information content (AvgIpc) is 3.16. The number of hydrogen-bond donors (Lipinski definition) is 1. The number of amides is 1. The van der Waals surface area contributed by atoms with Gasteiger partial charge in [-0.05, 0) is 36.4 Å². The van der Waals surface area contributed by atoms with Crippen LogP contribution in [0.5, 0.6) is 5.75 Å². The molecule has 0 bridgehead atoms. The lowest BCUT2D eigenvalue weighted by Gasteiger charge is -2.36. The van der Waals surface area contributed by atoms with Crippen LogP contribution in [0.1, 0.15) is 10.4 Å². The number of rotatable bonds is 3. The van der Waals surface area contributed by atoms with E-state index in [-0.39, 0.29) is 5.91 Å². The number of piperazine rings is 1. The normalized spacial score (nSPS) is 14.8. The second kappa shape index (κ2) is 6.51. The number of H-pyrrole nitrogens is 1. The van der Waals surface area contributed by atoms with E-state index in [4.69, 9.17) is 4.74 Å². The number of carbonyl (C=O) groups is 1. The van der Waals surface area contributed by atoms with Gasteiger partial charge in [0.05, 0.1) is 18.2 Å². The number of aromatic nitrogens is 1. The molecule has 0 spiro atoms. The lowest BCUT2D eigenvalue weighted by Crippen LogP contribution is -2.48. The molecular weight excluding hydrogens is 314 g/mol. The van der Waals surface area contributed by atoms with E-state index in [0.29, 0.717) is 0 Å². The van der Waals surface area contributed by atoms with E-state index in [2.05, 4.69) is 22.0 Å². The standard InChI is InChI=1S/C20H21N3O2/c1-25-17-7-5-16(6-8-17)22-11-13-23(14-12-22)20(24)18-4-2-3-15-9-10-21-19(15)18/h2-10,21H,11-14H2,1H3. The molecule has 1 amide bonds. The third kappa shape index (κ3) is 2.93. The number of aromatic amines is 1. The van der Waals surface area contributed by atoms with Gasteiger partial charge in [0.1, 0.15) is 5.75 Å². The van der Waals surface area contributed by atoms with E-state index in [1.807, 2.05) is 47.5 Å². The average molecular weight is 335 g/mol. The predicted octanol–water partition coefficient (Wildman–Crippen LogP) is 3.14. The first-order valence-corrected chi connectivity index (χ1v) is 8.50. The van der Waals surface area contributed by atoms with Crippen molar-refractivity contribution in [3.8, 4) is 5.75 Å². The highest BCUT2D eigenvalue weighted by Crippen LogP contribution is 2.22. The van der Waals surface area contributed by atoms with Crippen LogP contribution in [-0.2, 0) is 0 Å². The van der Waals surface area contributed by atoms with Crippen LogP contribution < -0.4 is 9.64 Å². The second-order valence-electron chi connectivity index (χ2n) is 6.22. The van der Waals surface area contributed by atoms with Crippen molar-refractivity contribution in [3.63, 3.8) is 0 Å². The van der Waals surface area contributed by atoms with Crippen molar-refractivity contribution in [2.45, 2.75) is 0 Å². The minimum Gasteiger partial charge on any atom is -0.497 e. The first-order chi connectivity index (χ1) is 12.3. The molecule has 1 fully saturated rings. The van der Waals surface area contributed by atoms with Gasteiger partial charge in [-0.1, -0.05) is 12.1 Å². The summed E-state index contributed by atoms with van der Waals surface area (Å²) in [7, 11) is 1.67. The van der Waals surface area contributed by atoms with Gasteiger partial charge in [-0.15, -0.1) is 0 Å². The highest BCUT2D eigenvalue weighted by Gasteiger charge is 2.23. The van der Waals surface area contributed by atoms with Gasteiger partial charge >= 0.3 is 0 Å². The molecule has 1 aliphatic rings. The lowest BCUT2D eigenvalue weighted by atomic mass is 10.1. The molecule has 2 aromatic carbocycles. The highest BCUT2D eigenvalue weighted by atomic mass is 16.5. The zero-order chi connectivity index (χ0) is 17.2. The maximum absolute atomic E-state index is 12.9. The molecule has 1 aromatic heterocycles. The van der Waals surface area contributed by atoms with E-state index in [9.17, 15) is 4.79 Å². The SMILES string of the molecule is COc1ccc(N2CCN(C(=O)c3cccc4cc[nH]c34)CC2)cc1. The van der Waals surface area contributed by atoms with Gasteiger partial charge in [0.15, 0.2) is 0 Å². The molecule has 4 rings (SSSR count). The van der Waals surface area contributed by atoms with E-state index in [0.717, 1.165) is 48.4 Å². The van der Waals surface area contributed by atoms with Crippen LogP contribution in [0.15, 0.2) is 54.7 Å². The van der Waals surface area contributed by atoms with Gasteiger partial charge in [-0.25, -0.2) is 0 Å². The largest absolute Gasteiger partial charge is 0.497 e. The van der Waals surface area contributed by atoms with Crippen molar-refractivity contribution in [1.82, 2.24) is 9.88 Å². The summed E-state index contributed by atoms with van der Waals surface area (Å²) in [5.41, 5.74) is 2.84. The fourth-order valence-electron chi connectivity index (χ4n) is 3.39. The summed E-state index contributed by atoms with van der Waals surface area (Å²) in [5.74, 6) is 0.957. The van der Waals surface area contributed by atoms with E-state index < -0.39 is 0 Å². The van der Waals surface area contributed by atoms with Crippen LogP contribution in [0.25, 0.3) is 10.9 Å². The number of carbonyl (C=O) groups excluding carboxylic acids is 1. The third-order valence-electron chi connectivity index (χ3n) is 4.82. The van der Waals surface area contributed by atoms with Gasteiger partial charge in [0, 0.05) is 43.4 Å². The summed E-state index contributed by atoms with van der Waals surface area (Å²) in [6.07, 6.45) is 1.88. The van der Waals surface area contributed by atoms with Gasteiger partial charge in [0.2, 0.25) is 0 Å². The third-order valence-corrected chi connectivity index (χ3v) is 4.82. The molecule has 0 aliphatic carbocycles. The number of hydrogen-bond acceptors (Lipinski definition) is 3. The van der Waals surface area contributed by atoms with Gasteiger partial charge in [-0.3, -0.25) is 4.79 Å². The Hall–Kier alpha value is -2.95. The molecule has 1 aliphatic heterocycles. The molecule has 0 radical (unpaired) electrons. The summed E-state index contributed by atoms with van der Waals surface area (Å²) in [5, 5.41) is 1.07. The fourth-order valence-corrected chi connectivity index (χ4v) is 3.39. The number of fused-ring (bicyclic) bond motifs is 1. The summed E-state index contributed by atoms with van der Waals surface area (Å²) < 4.78 is 5.21. The van der Waals surface area contributed by atoms with Crippen molar-refractivity contribution in [3.05, 3.63) is 60.3 Å². The maximum atomic E-state index is 12.9. The molecule has 25 heavy (non-hydrogen) atoms. The molecular formula is C20H21N3O2. The molecule has 128 valence electrons. The predicted molar refractivity (Wildman–Crippen MR) is 99.4 cm³/mol. The Morgan fingerprint density at radius 3 is 2.48 bits per heavy atom. The summed E-state index contributed by atoms with van der Waals surface area (Å²) >= 11 is 0. The number of methoxy groups -OCH3 is 1. The molecule has 3 aromatic rings. The number of nitrogens with one attached hydrogen (secondary N) is 1. The van der Waals surface area contributed by atoms with Crippen LogP contribution in [0, 0.1) is 0 Å². The Bertz CT molecular complexity index is 877. The zero-order valence-corrected chi connectivity index (χ0v) is 14.2. The summed E-state index contributed by atoms with van der Waals surface area (Å²) in [4.78, 5) is 20.3. The molecule has 5 heteroatoms. The Morgan fingerprint density at radius 2 is 1.76 bits per heavy atom. The van der Waals surface area contributed by atoms with Gasteiger partial charge < -0.3 is 19.5 Å². The summed E-state index contributed by atoms with van der Waals surface area (Å²) in [6.45, 7) is 3.11. The number of para-hydroxylation sites is 1. The fraction of sp³-hybridized carbons (Fsp3) is 0.250. The van der Waals surface area contributed by atoms with E-state index in [1.165, 1.54) is 5.69 Å². The van der Waals surface area contributed by atoms with Crippen LogP contribution >= 0.6 is 0 Å². The number of nitrogens with zero attached hydrogens (tertiary/aromatic N) is 2. The molecule has 2 heterocycles. The molecule has 1 saturated heterocycles. The maximum Gasteiger partial charge on any atom is 0.256 e. The molecule has 1 N–H and O–H groups in total. The first-order valence-electron chi connectivity index (χ1n) is 8.50. The van der Waals surface area contributed by atoms with Gasteiger partial charge in [-0.2, -0.15) is 0 Å². The monoisotopic (exact) mass is 335 g/mol. The topological polar surface area (TPSA) is 48.6 Å². The van der Waals surface area contributed by atoms with Crippen LogP contribution in [0.2, 0.25) is 0 Å². The van der Waals surface area contributed by atoms with Crippen molar-refractivity contribution >= 4 is 22.5 Å².